The molecule has 6 heteroatoms. The molecule has 0 saturated heterocycles. The van der Waals surface area contributed by atoms with Gasteiger partial charge < -0.3 is 19.5 Å². The summed E-state index contributed by atoms with van der Waals surface area (Å²) >= 11 is 0. The summed E-state index contributed by atoms with van der Waals surface area (Å²) in [4.78, 5) is 24.1. The second kappa shape index (κ2) is 10.3. The molecule has 160 valence electrons. The van der Waals surface area contributed by atoms with Crippen LogP contribution in [0, 0.1) is 12.8 Å². The van der Waals surface area contributed by atoms with Gasteiger partial charge in [0.05, 0.1) is 25.0 Å². The van der Waals surface area contributed by atoms with E-state index < -0.39 is 0 Å². The minimum atomic E-state index is -0.304. The number of fused-ring (bicyclic) bond motifs is 1. The number of benzene rings is 1. The minimum absolute atomic E-state index is 0.164. The van der Waals surface area contributed by atoms with Gasteiger partial charge in [-0.05, 0) is 44.6 Å². The van der Waals surface area contributed by atoms with Gasteiger partial charge in [-0.25, -0.2) is 4.79 Å². The molecule has 1 aliphatic rings. The Labute approximate surface area is 173 Å². The summed E-state index contributed by atoms with van der Waals surface area (Å²) in [7, 11) is 3.43. The third kappa shape index (κ3) is 5.52. The van der Waals surface area contributed by atoms with E-state index in [0.717, 1.165) is 40.1 Å². The molecule has 0 bridgehead atoms. The number of cyclic esters (lactones) is 1. The van der Waals surface area contributed by atoms with Gasteiger partial charge in [-0.2, -0.15) is 0 Å². The summed E-state index contributed by atoms with van der Waals surface area (Å²) in [5.41, 5.74) is 5.18. The molecule has 6 nitrogen and oxygen atoms in total. The topological polar surface area (TPSA) is 73.9 Å². The van der Waals surface area contributed by atoms with Crippen molar-refractivity contribution >= 4 is 17.6 Å². The Bertz CT molecular complexity index is 795. The van der Waals surface area contributed by atoms with Gasteiger partial charge in [0.2, 0.25) is 0 Å². The highest BCUT2D eigenvalue weighted by Crippen LogP contribution is 2.41. The molecule has 0 aliphatic carbocycles. The zero-order valence-corrected chi connectivity index (χ0v) is 18.4. The molecule has 0 aromatic heterocycles. The normalized spacial score (nSPS) is 13.3. The largest absolute Gasteiger partial charge is 0.496 e. The molecule has 0 fully saturated rings. The van der Waals surface area contributed by atoms with E-state index in [1.807, 2.05) is 13.8 Å². The van der Waals surface area contributed by atoms with Crippen LogP contribution in [-0.2, 0) is 27.3 Å². The van der Waals surface area contributed by atoms with Gasteiger partial charge in [-0.3, -0.25) is 4.79 Å². The second-order valence-electron chi connectivity index (χ2n) is 7.85. The van der Waals surface area contributed by atoms with Crippen molar-refractivity contribution in [2.45, 2.75) is 60.0 Å². The van der Waals surface area contributed by atoms with Crippen LogP contribution < -0.4 is 10.1 Å². The number of rotatable bonds is 10. The number of esters is 2. The molecular weight excluding hydrogens is 370 g/mol. The van der Waals surface area contributed by atoms with Crippen molar-refractivity contribution in [2.75, 3.05) is 26.1 Å². The SMILES string of the molecule is CNc1c(CC=C(C)CCC(=O)OCCC(C)C)c(OC)c(C)c2c1C(=O)OC2. The smallest absolute Gasteiger partial charge is 0.341 e. The summed E-state index contributed by atoms with van der Waals surface area (Å²) in [5, 5.41) is 3.15. The maximum Gasteiger partial charge on any atom is 0.341 e. The monoisotopic (exact) mass is 403 g/mol. The van der Waals surface area contributed by atoms with Crippen molar-refractivity contribution in [3.63, 3.8) is 0 Å². The Morgan fingerprint density at radius 1 is 1.31 bits per heavy atom. The number of hydrogen-bond donors (Lipinski definition) is 1. The van der Waals surface area contributed by atoms with E-state index in [1.165, 1.54) is 0 Å². The fourth-order valence-electron chi connectivity index (χ4n) is 3.49. The van der Waals surface area contributed by atoms with E-state index in [9.17, 15) is 9.59 Å². The number of allylic oxidation sites excluding steroid dienone is 2. The van der Waals surface area contributed by atoms with Gasteiger partial charge in [-0.15, -0.1) is 0 Å². The summed E-state index contributed by atoms with van der Waals surface area (Å²) in [6, 6.07) is 0. The summed E-state index contributed by atoms with van der Waals surface area (Å²) in [5.74, 6) is 0.821. The Balaban J connectivity index is 2.11. The van der Waals surface area contributed by atoms with E-state index >= 15 is 0 Å². The van der Waals surface area contributed by atoms with Crippen LogP contribution in [0.25, 0.3) is 0 Å². The third-order valence-electron chi connectivity index (χ3n) is 5.26. The zero-order valence-electron chi connectivity index (χ0n) is 18.4. The number of hydrogen-bond acceptors (Lipinski definition) is 6. The van der Waals surface area contributed by atoms with E-state index in [1.54, 1.807) is 14.2 Å². The molecule has 1 aliphatic heterocycles. The Morgan fingerprint density at radius 2 is 2.03 bits per heavy atom. The van der Waals surface area contributed by atoms with Crippen molar-refractivity contribution in [3.05, 3.63) is 33.9 Å². The number of carbonyl (C=O) groups is 2. The van der Waals surface area contributed by atoms with Crippen LogP contribution in [0.5, 0.6) is 5.75 Å². The van der Waals surface area contributed by atoms with Gasteiger partial charge in [0, 0.05) is 24.6 Å². The fraction of sp³-hybridized carbons (Fsp3) is 0.565. The molecule has 0 amide bonds. The van der Waals surface area contributed by atoms with Gasteiger partial charge >= 0.3 is 11.9 Å². The first-order chi connectivity index (χ1) is 13.8. The van der Waals surface area contributed by atoms with Crippen LogP contribution in [0.15, 0.2) is 11.6 Å². The molecule has 0 atom stereocenters. The zero-order chi connectivity index (χ0) is 21.6. The van der Waals surface area contributed by atoms with Crippen LogP contribution >= 0.6 is 0 Å². The van der Waals surface area contributed by atoms with E-state index in [0.29, 0.717) is 37.4 Å². The van der Waals surface area contributed by atoms with Crippen molar-refractivity contribution < 1.29 is 23.8 Å². The predicted molar refractivity (Wildman–Crippen MR) is 114 cm³/mol. The third-order valence-corrected chi connectivity index (χ3v) is 5.26. The molecule has 0 spiro atoms. The van der Waals surface area contributed by atoms with E-state index in [4.69, 9.17) is 14.2 Å². The molecule has 29 heavy (non-hydrogen) atoms. The van der Waals surface area contributed by atoms with Crippen molar-refractivity contribution in [1.29, 1.82) is 0 Å². The van der Waals surface area contributed by atoms with Gasteiger partial charge in [0.15, 0.2) is 0 Å². The Hall–Kier alpha value is -2.50. The lowest BCUT2D eigenvalue weighted by Gasteiger charge is -2.19. The molecule has 1 heterocycles. The molecule has 0 unspecified atom stereocenters. The lowest BCUT2D eigenvalue weighted by molar-refractivity contribution is -0.143. The standard InChI is InChI=1S/C23H33NO5/c1-14(2)11-12-28-19(25)10-8-15(3)7-9-17-21(24-5)20-18(13-29-23(20)26)16(4)22(17)27-6/h7,14,24H,8-13H2,1-6H3. The molecule has 0 radical (unpaired) electrons. The highest BCUT2D eigenvalue weighted by atomic mass is 16.5. The van der Waals surface area contributed by atoms with Crippen LogP contribution in [-0.4, -0.2) is 32.7 Å². The lowest BCUT2D eigenvalue weighted by Crippen LogP contribution is -2.09. The number of nitrogens with one attached hydrogen (secondary N) is 1. The van der Waals surface area contributed by atoms with Crippen LogP contribution in [0.4, 0.5) is 5.69 Å². The number of anilines is 1. The highest BCUT2D eigenvalue weighted by Gasteiger charge is 2.31. The average molecular weight is 404 g/mol. The molecule has 1 aromatic rings. The van der Waals surface area contributed by atoms with Crippen LogP contribution in [0.3, 0.4) is 0 Å². The first kappa shape index (κ1) is 22.8. The summed E-state index contributed by atoms with van der Waals surface area (Å²) < 4.78 is 16.2. The van der Waals surface area contributed by atoms with Gasteiger partial charge in [-0.1, -0.05) is 25.5 Å². The van der Waals surface area contributed by atoms with Gasteiger partial charge in [0.1, 0.15) is 12.4 Å². The molecule has 2 rings (SSSR count). The Morgan fingerprint density at radius 3 is 2.66 bits per heavy atom. The maximum absolute atomic E-state index is 12.2. The van der Waals surface area contributed by atoms with Crippen molar-refractivity contribution in [1.82, 2.24) is 0 Å². The van der Waals surface area contributed by atoms with E-state index in [2.05, 4.69) is 25.2 Å². The van der Waals surface area contributed by atoms with Crippen molar-refractivity contribution in [3.8, 4) is 5.75 Å². The van der Waals surface area contributed by atoms with Crippen LogP contribution in [0.2, 0.25) is 0 Å². The Kier molecular flexibility index (Phi) is 8.11. The first-order valence-electron chi connectivity index (χ1n) is 10.2. The minimum Gasteiger partial charge on any atom is -0.496 e. The maximum atomic E-state index is 12.2. The quantitative estimate of drug-likeness (QED) is 0.455. The highest BCUT2D eigenvalue weighted by molar-refractivity contribution is 6.01. The molecular formula is C23H33NO5. The van der Waals surface area contributed by atoms with E-state index in [-0.39, 0.29) is 18.5 Å². The second-order valence-corrected chi connectivity index (χ2v) is 7.85. The lowest BCUT2D eigenvalue weighted by atomic mass is 9.93. The van der Waals surface area contributed by atoms with Crippen LogP contribution in [0.1, 0.15) is 67.1 Å². The van der Waals surface area contributed by atoms with Gasteiger partial charge in [0.25, 0.3) is 0 Å². The molecule has 1 aromatic carbocycles. The number of methoxy groups -OCH3 is 1. The molecule has 0 saturated carbocycles. The number of ether oxygens (including phenoxy) is 3. The van der Waals surface area contributed by atoms with Crippen molar-refractivity contribution in [2.24, 2.45) is 5.92 Å². The summed E-state index contributed by atoms with van der Waals surface area (Å²) in [6.07, 6.45) is 4.56. The first-order valence-corrected chi connectivity index (χ1v) is 10.2. The summed E-state index contributed by atoms with van der Waals surface area (Å²) in [6.45, 7) is 8.92. The fourth-order valence-corrected chi connectivity index (χ4v) is 3.49. The average Bonchev–Trinajstić information content (AvgIpc) is 3.06. The predicted octanol–water partition coefficient (Wildman–Crippen LogP) is 4.57. The number of carbonyl (C=O) groups excluding carboxylic acids is 2. The molecule has 1 N–H and O–H groups in total.